The highest BCUT2D eigenvalue weighted by atomic mass is 35.5. The van der Waals surface area contributed by atoms with Crippen molar-refractivity contribution in [2.75, 3.05) is 5.75 Å². The van der Waals surface area contributed by atoms with Crippen LogP contribution in [0.15, 0.2) is 60.8 Å². The second kappa shape index (κ2) is 12.3. The molecule has 0 radical (unpaired) electrons. The van der Waals surface area contributed by atoms with Gasteiger partial charge in [0.25, 0.3) is 5.91 Å². The molecule has 1 amide bonds. The van der Waals surface area contributed by atoms with Crippen molar-refractivity contribution in [3.8, 4) is 0 Å². The Labute approximate surface area is 272 Å². The second-order valence-electron chi connectivity index (χ2n) is 13.0. The van der Waals surface area contributed by atoms with Crippen molar-refractivity contribution in [2.24, 2.45) is 5.92 Å². The van der Waals surface area contributed by atoms with Crippen LogP contribution in [0.4, 0.5) is 4.39 Å². The van der Waals surface area contributed by atoms with Crippen molar-refractivity contribution < 1.29 is 32.2 Å². The van der Waals surface area contributed by atoms with Gasteiger partial charge in [0.05, 0.1) is 27.1 Å². The molecule has 12 heteroatoms. The standard InChI is InChI=1S/C33H35Cl2FN2O6S/c1-32(2,3)45(42,43)18-27(19-8-9-19)38-28(20-11-13-25(35)26(36)15-20)29(21-6-5-7-23(34)14-21)44-33(4,31(38)41)16-24-12-10-22(17-37-24)30(39)40/h5-7,10-15,17,19,27-29H,8-9,16,18H2,1-4H3,(H,39,40). The van der Waals surface area contributed by atoms with E-state index in [1.165, 1.54) is 30.5 Å². The maximum atomic E-state index is 15.0. The van der Waals surface area contributed by atoms with Crippen molar-refractivity contribution in [2.45, 2.75) is 75.5 Å². The lowest BCUT2D eigenvalue weighted by Gasteiger charge is -2.52. The molecule has 5 rings (SSSR count). The number of nitrogens with zero attached hydrogens (tertiary/aromatic N) is 2. The van der Waals surface area contributed by atoms with Gasteiger partial charge < -0.3 is 14.7 Å². The van der Waals surface area contributed by atoms with E-state index >= 15 is 4.39 Å². The average Bonchev–Trinajstić information content (AvgIpc) is 3.80. The fourth-order valence-corrected chi connectivity index (χ4v) is 7.48. The summed E-state index contributed by atoms with van der Waals surface area (Å²) in [6, 6.07) is 12.5. The molecule has 0 bridgehead atoms. The number of amides is 1. The minimum absolute atomic E-state index is 0.00997. The SMILES string of the molecule is CC1(Cc2ccc(C(=O)O)cn2)OC(c2cccc(Cl)c2)C(c2ccc(Cl)c(F)c2)N(C(CS(=O)(=O)C(C)(C)C)C2CC2)C1=O. The maximum absolute atomic E-state index is 15.0. The van der Waals surface area contributed by atoms with Gasteiger partial charge >= 0.3 is 5.97 Å². The molecular formula is C33H35Cl2FN2O6S. The predicted octanol–water partition coefficient (Wildman–Crippen LogP) is 6.86. The first kappa shape index (κ1) is 33.3. The smallest absolute Gasteiger partial charge is 0.337 e. The van der Waals surface area contributed by atoms with E-state index in [9.17, 15) is 23.1 Å². The number of carboxylic acids is 1. The van der Waals surface area contributed by atoms with Crippen molar-refractivity contribution in [1.82, 2.24) is 9.88 Å². The normalized spacial score (nSPS) is 23.2. The minimum atomic E-state index is -3.71. The molecule has 1 aliphatic carbocycles. The fourth-order valence-electron chi connectivity index (χ4n) is 5.78. The van der Waals surface area contributed by atoms with E-state index in [0.717, 1.165) is 12.8 Å². The van der Waals surface area contributed by atoms with Crippen LogP contribution in [0.5, 0.6) is 0 Å². The third-order valence-electron chi connectivity index (χ3n) is 8.56. The number of carbonyl (C=O) groups excluding carboxylic acids is 1. The van der Waals surface area contributed by atoms with E-state index in [4.69, 9.17) is 27.9 Å². The van der Waals surface area contributed by atoms with Gasteiger partial charge in [-0.1, -0.05) is 41.4 Å². The van der Waals surface area contributed by atoms with Crippen LogP contribution in [0, 0.1) is 11.7 Å². The van der Waals surface area contributed by atoms with Gasteiger partial charge in [0.1, 0.15) is 11.9 Å². The van der Waals surface area contributed by atoms with Gasteiger partial charge in [-0.2, -0.15) is 0 Å². The quantitative estimate of drug-likeness (QED) is 0.263. The molecule has 1 saturated carbocycles. The highest BCUT2D eigenvalue weighted by Gasteiger charge is 2.56. The summed E-state index contributed by atoms with van der Waals surface area (Å²) in [7, 11) is -3.71. The molecule has 2 fully saturated rings. The number of pyridine rings is 1. The van der Waals surface area contributed by atoms with Crippen LogP contribution in [0.3, 0.4) is 0 Å². The van der Waals surface area contributed by atoms with E-state index in [1.54, 1.807) is 62.9 Å². The van der Waals surface area contributed by atoms with Crippen molar-refractivity contribution >= 4 is 44.9 Å². The average molecular weight is 678 g/mol. The molecule has 2 heterocycles. The molecule has 2 aliphatic rings. The molecule has 0 spiro atoms. The lowest BCUT2D eigenvalue weighted by atomic mass is 9.85. The number of sulfone groups is 1. The summed E-state index contributed by atoms with van der Waals surface area (Å²) in [5.74, 6) is -2.69. The number of carboxylic acid groups (broad SMARTS) is 1. The Balaban J connectivity index is 1.70. The molecule has 1 aromatic heterocycles. The summed E-state index contributed by atoms with van der Waals surface area (Å²) >= 11 is 12.5. The predicted molar refractivity (Wildman–Crippen MR) is 170 cm³/mol. The third kappa shape index (κ3) is 6.89. The van der Waals surface area contributed by atoms with Gasteiger partial charge in [-0.05, 0) is 94.0 Å². The maximum Gasteiger partial charge on any atom is 0.337 e. The highest BCUT2D eigenvalue weighted by molar-refractivity contribution is 7.92. The summed E-state index contributed by atoms with van der Waals surface area (Å²) in [6.45, 7) is 6.51. The van der Waals surface area contributed by atoms with Gasteiger partial charge in [-0.15, -0.1) is 0 Å². The number of morpholine rings is 1. The number of aromatic nitrogens is 1. The Morgan fingerprint density at radius 3 is 2.40 bits per heavy atom. The summed E-state index contributed by atoms with van der Waals surface area (Å²) in [4.78, 5) is 32.1. The van der Waals surface area contributed by atoms with Crippen LogP contribution in [0.2, 0.25) is 10.0 Å². The Morgan fingerprint density at radius 1 is 1.13 bits per heavy atom. The first-order valence-corrected chi connectivity index (χ1v) is 17.0. The van der Waals surface area contributed by atoms with Crippen molar-refractivity contribution in [3.05, 3.63) is 99.0 Å². The Bertz CT molecular complexity index is 1730. The Morgan fingerprint density at radius 2 is 1.84 bits per heavy atom. The van der Waals surface area contributed by atoms with Crippen LogP contribution in [-0.2, 0) is 25.8 Å². The number of aromatic carboxylic acids is 1. The van der Waals surface area contributed by atoms with E-state index < -0.39 is 56.1 Å². The Hall–Kier alpha value is -3.05. The number of hydrogen-bond acceptors (Lipinski definition) is 6. The zero-order valence-corrected chi connectivity index (χ0v) is 27.7. The fraction of sp³-hybridized carbons (Fsp3) is 0.424. The highest BCUT2D eigenvalue weighted by Crippen LogP contribution is 2.51. The zero-order valence-electron chi connectivity index (χ0n) is 25.3. The van der Waals surface area contributed by atoms with Gasteiger partial charge in [-0.3, -0.25) is 9.78 Å². The summed E-state index contributed by atoms with van der Waals surface area (Å²) in [5.41, 5.74) is -0.176. The number of rotatable bonds is 9. The topological polar surface area (TPSA) is 114 Å². The molecule has 240 valence electrons. The lowest BCUT2D eigenvalue weighted by molar-refractivity contribution is -0.202. The van der Waals surface area contributed by atoms with Gasteiger partial charge in [-0.25, -0.2) is 17.6 Å². The number of benzene rings is 2. The van der Waals surface area contributed by atoms with Crippen LogP contribution >= 0.6 is 23.2 Å². The van der Waals surface area contributed by atoms with Crippen molar-refractivity contribution in [1.29, 1.82) is 0 Å². The molecule has 45 heavy (non-hydrogen) atoms. The van der Waals surface area contributed by atoms with Crippen LogP contribution < -0.4 is 0 Å². The van der Waals surface area contributed by atoms with Gasteiger partial charge in [0.15, 0.2) is 15.4 Å². The molecule has 4 atom stereocenters. The third-order valence-corrected chi connectivity index (χ3v) is 11.7. The molecular weight excluding hydrogens is 642 g/mol. The van der Waals surface area contributed by atoms with Gasteiger partial charge in [0.2, 0.25) is 0 Å². The van der Waals surface area contributed by atoms with Crippen LogP contribution in [0.1, 0.15) is 79.9 Å². The monoisotopic (exact) mass is 676 g/mol. The Kier molecular flexibility index (Phi) is 9.09. The second-order valence-corrected chi connectivity index (χ2v) is 16.6. The van der Waals surface area contributed by atoms with E-state index in [2.05, 4.69) is 4.98 Å². The zero-order chi connectivity index (χ0) is 32.9. The molecule has 1 aliphatic heterocycles. The minimum Gasteiger partial charge on any atom is -0.478 e. The first-order chi connectivity index (χ1) is 21.0. The summed E-state index contributed by atoms with van der Waals surface area (Å²) in [5, 5.41) is 9.65. The van der Waals surface area contributed by atoms with E-state index in [-0.39, 0.29) is 28.7 Å². The first-order valence-electron chi connectivity index (χ1n) is 14.6. The number of hydrogen-bond donors (Lipinski definition) is 1. The molecule has 4 unspecified atom stereocenters. The number of carbonyl (C=O) groups is 2. The summed E-state index contributed by atoms with van der Waals surface area (Å²) in [6.07, 6.45) is 1.73. The lowest BCUT2D eigenvalue weighted by Crippen LogP contribution is -2.62. The van der Waals surface area contributed by atoms with E-state index in [1.807, 2.05) is 0 Å². The van der Waals surface area contributed by atoms with Gasteiger partial charge in [0, 0.05) is 29.4 Å². The van der Waals surface area contributed by atoms with Crippen LogP contribution in [-0.4, -0.2) is 57.4 Å². The number of ether oxygens (including phenoxy) is 1. The van der Waals surface area contributed by atoms with Crippen molar-refractivity contribution in [3.63, 3.8) is 0 Å². The molecule has 8 nitrogen and oxygen atoms in total. The molecule has 1 saturated heterocycles. The van der Waals surface area contributed by atoms with Crippen LogP contribution in [0.25, 0.3) is 0 Å². The largest absolute Gasteiger partial charge is 0.478 e. The summed E-state index contributed by atoms with van der Waals surface area (Å²) < 4.78 is 48.1. The molecule has 2 aromatic carbocycles. The molecule has 1 N–H and O–H groups in total. The number of halogens is 3. The molecule has 3 aromatic rings. The van der Waals surface area contributed by atoms with E-state index in [0.29, 0.717) is 21.8 Å².